The summed E-state index contributed by atoms with van der Waals surface area (Å²) in [6, 6.07) is 22.1. The molecule has 0 saturated carbocycles. The Hall–Kier alpha value is -4.73. The summed E-state index contributed by atoms with van der Waals surface area (Å²) >= 11 is 0. The second-order valence-electron chi connectivity index (χ2n) is 9.10. The molecule has 190 valence electrons. The minimum atomic E-state index is -4.59. The van der Waals surface area contributed by atoms with E-state index in [9.17, 15) is 23.4 Å². The number of nitrogens with zero attached hydrogens (tertiary/aromatic N) is 5. The number of rotatable bonds is 6. The second-order valence-corrected chi connectivity index (χ2v) is 9.10. The topological polar surface area (TPSA) is 95.4 Å². The molecule has 3 aromatic carbocycles. The van der Waals surface area contributed by atoms with Crippen molar-refractivity contribution >= 4 is 5.65 Å². The average Bonchev–Trinajstić information content (AvgIpc) is 3.67. The molecule has 10 heteroatoms. The molecule has 1 aliphatic rings. The van der Waals surface area contributed by atoms with E-state index in [1.165, 1.54) is 12.1 Å². The van der Waals surface area contributed by atoms with Crippen molar-refractivity contribution in [3.8, 4) is 22.9 Å². The van der Waals surface area contributed by atoms with Crippen LogP contribution in [0.1, 0.15) is 28.1 Å². The maximum atomic E-state index is 13.3. The van der Waals surface area contributed by atoms with Crippen molar-refractivity contribution in [3.63, 3.8) is 0 Å². The third-order valence-corrected chi connectivity index (χ3v) is 6.52. The molecule has 1 aliphatic heterocycles. The Kier molecular flexibility index (Phi) is 5.41. The van der Waals surface area contributed by atoms with Gasteiger partial charge in [0.05, 0.1) is 11.4 Å². The number of halogens is 3. The zero-order chi connectivity index (χ0) is 26.5. The van der Waals surface area contributed by atoms with Crippen LogP contribution in [-0.2, 0) is 18.5 Å². The molecule has 0 unspecified atom stereocenters. The number of fused-ring (bicyclic) bond motifs is 1. The molecule has 0 atom stereocenters. The lowest BCUT2D eigenvalue weighted by Crippen LogP contribution is -2.30. The van der Waals surface area contributed by atoms with Crippen molar-refractivity contribution in [1.29, 1.82) is 0 Å². The minimum absolute atomic E-state index is 0.0548. The molecule has 0 saturated heterocycles. The summed E-state index contributed by atoms with van der Waals surface area (Å²) in [6.07, 6.45) is -2.26. The number of aromatic hydroxyl groups is 2. The molecule has 0 spiro atoms. The van der Waals surface area contributed by atoms with E-state index >= 15 is 0 Å². The van der Waals surface area contributed by atoms with E-state index in [-0.39, 0.29) is 23.6 Å². The zero-order valence-electron chi connectivity index (χ0n) is 19.8. The van der Waals surface area contributed by atoms with Crippen LogP contribution in [0, 0.1) is 0 Å². The molecule has 0 bridgehead atoms. The fourth-order valence-corrected chi connectivity index (χ4v) is 4.43. The summed E-state index contributed by atoms with van der Waals surface area (Å²) < 4.78 is 41.5. The maximum Gasteiger partial charge on any atom is 0.442 e. The summed E-state index contributed by atoms with van der Waals surface area (Å²) in [5.41, 5.74) is 1.97. The fourth-order valence-electron chi connectivity index (χ4n) is 4.43. The highest BCUT2D eigenvalue weighted by Gasteiger charge is 2.65. The molecular weight excluding hydrogens is 495 g/mol. The molecule has 6 rings (SSSR count). The van der Waals surface area contributed by atoms with Gasteiger partial charge in [-0.25, -0.2) is 9.97 Å². The molecule has 0 amide bonds. The van der Waals surface area contributed by atoms with Gasteiger partial charge in [0.25, 0.3) is 0 Å². The van der Waals surface area contributed by atoms with Crippen molar-refractivity contribution in [2.75, 3.05) is 0 Å². The summed E-state index contributed by atoms with van der Waals surface area (Å²) in [7, 11) is 0. The Morgan fingerprint density at radius 3 is 2.00 bits per heavy atom. The van der Waals surface area contributed by atoms with Gasteiger partial charge in [-0.15, -0.1) is 10.2 Å². The van der Waals surface area contributed by atoms with Crippen molar-refractivity contribution < 1.29 is 23.4 Å². The van der Waals surface area contributed by atoms with Crippen LogP contribution < -0.4 is 0 Å². The highest BCUT2D eigenvalue weighted by Crippen LogP contribution is 2.52. The van der Waals surface area contributed by atoms with E-state index in [0.717, 1.165) is 11.1 Å². The fraction of sp³-hybridized carbons (Fsp3) is 0.143. The van der Waals surface area contributed by atoms with Crippen LogP contribution in [-0.4, -0.2) is 30.8 Å². The molecule has 2 aromatic heterocycles. The minimum Gasteiger partial charge on any atom is -0.508 e. The van der Waals surface area contributed by atoms with Gasteiger partial charge in [0.2, 0.25) is 5.88 Å². The van der Waals surface area contributed by atoms with Crippen molar-refractivity contribution in [2.45, 2.75) is 24.7 Å². The molecular formula is C28H20F3N5O2. The maximum absolute atomic E-state index is 13.3. The highest BCUT2D eigenvalue weighted by atomic mass is 19.4. The van der Waals surface area contributed by atoms with E-state index in [1.807, 2.05) is 30.3 Å². The zero-order valence-corrected chi connectivity index (χ0v) is 19.8. The first-order valence-corrected chi connectivity index (χ1v) is 11.8. The van der Waals surface area contributed by atoms with Gasteiger partial charge in [-0.05, 0) is 35.4 Å². The Bertz CT molecular complexity index is 1660. The first kappa shape index (κ1) is 23.7. The number of hydrogen-bond acceptors (Lipinski definition) is 6. The molecule has 38 heavy (non-hydrogen) atoms. The highest BCUT2D eigenvalue weighted by molar-refractivity contribution is 5.64. The summed E-state index contributed by atoms with van der Waals surface area (Å²) in [5.74, 6) is 0.0445. The predicted molar refractivity (Wildman–Crippen MR) is 133 cm³/mol. The number of benzene rings is 3. The first-order chi connectivity index (χ1) is 18.2. The summed E-state index contributed by atoms with van der Waals surface area (Å²) in [5, 5.41) is 27.3. The molecule has 3 heterocycles. The lowest BCUT2D eigenvalue weighted by atomic mass is 10.00. The monoisotopic (exact) mass is 515 g/mol. The van der Waals surface area contributed by atoms with Crippen molar-refractivity contribution in [1.82, 2.24) is 14.4 Å². The van der Waals surface area contributed by atoms with Crippen LogP contribution in [0.5, 0.6) is 11.6 Å². The quantitative estimate of drug-likeness (QED) is 0.283. The van der Waals surface area contributed by atoms with E-state index in [4.69, 9.17) is 4.98 Å². The van der Waals surface area contributed by atoms with Gasteiger partial charge in [-0.3, -0.25) is 4.40 Å². The van der Waals surface area contributed by atoms with Crippen LogP contribution in [0.15, 0.2) is 95.3 Å². The Morgan fingerprint density at radius 1 is 0.737 bits per heavy atom. The summed E-state index contributed by atoms with van der Waals surface area (Å²) in [6.45, 7) is 0. The molecule has 0 aliphatic carbocycles. The predicted octanol–water partition coefficient (Wildman–Crippen LogP) is 6.17. The molecule has 5 aromatic rings. The van der Waals surface area contributed by atoms with Crippen LogP contribution in [0.3, 0.4) is 0 Å². The third-order valence-electron chi connectivity index (χ3n) is 6.52. The van der Waals surface area contributed by atoms with Crippen LogP contribution in [0.25, 0.3) is 16.9 Å². The van der Waals surface area contributed by atoms with Gasteiger partial charge in [0.15, 0.2) is 5.65 Å². The number of imidazole rings is 1. The third kappa shape index (κ3) is 4.13. The smallest absolute Gasteiger partial charge is 0.442 e. The normalized spacial score (nSPS) is 14.2. The van der Waals surface area contributed by atoms with E-state index in [2.05, 4.69) is 15.2 Å². The second kappa shape index (κ2) is 8.69. The van der Waals surface area contributed by atoms with Crippen molar-refractivity contribution in [3.05, 3.63) is 113 Å². The van der Waals surface area contributed by atoms with Crippen molar-refractivity contribution in [2.24, 2.45) is 10.2 Å². The average molecular weight is 515 g/mol. The molecule has 7 nitrogen and oxygen atoms in total. The number of phenolic OH excluding ortho intramolecular Hbond substituents is 1. The first-order valence-electron chi connectivity index (χ1n) is 11.8. The van der Waals surface area contributed by atoms with Crippen LogP contribution >= 0.6 is 0 Å². The number of alkyl halides is 3. The van der Waals surface area contributed by atoms with Gasteiger partial charge < -0.3 is 10.2 Å². The Balaban J connectivity index is 1.38. The van der Waals surface area contributed by atoms with Gasteiger partial charge in [0.1, 0.15) is 11.4 Å². The van der Waals surface area contributed by atoms with Gasteiger partial charge in [0, 0.05) is 30.2 Å². The van der Waals surface area contributed by atoms with Crippen LogP contribution in [0.4, 0.5) is 13.2 Å². The number of aromatic nitrogens is 3. The molecule has 0 radical (unpaired) electrons. The van der Waals surface area contributed by atoms with Gasteiger partial charge >= 0.3 is 11.8 Å². The number of hydrogen-bond donors (Lipinski definition) is 2. The Morgan fingerprint density at radius 2 is 1.37 bits per heavy atom. The largest absolute Gasteiger partial charge is 0.508 e. The van der Waals surface area contributed by atoms with Gasteiger partial charge in [-0.2, -0.15) is 13.2 Å². The Labute approximate surface area is 214 Å². The summed E-state index contributed by atoms with van der Waals surface area (Å²) in [4.78, 5) is 9.49. The molecule has 2 N–H and O–H groups in total. The molecule has 0 fully saturated rings. The van der Waals surface area contributed by atoms with E-state index in [1.54, 1.807) is 47.0 Å². The van der Waals surface area contributed by atoms with E-state index < -0.39 is 11.8 Å². The van der Waals surface area contributed by atoms with Gasteiger partial charge in [-0.1, -0.05) is 54.6 Å². The van der Waals surface area contributed by atoms with E-state index in [0.29, 0.717) is 34.7 Å². The van der Waals surface area contributed by atoms with Crippen LogP contribution in [0.2, 0.25) is 0 Å². The SMILES string of the molecule is Oc1ccc(-c2cn3c(O)c(Cc4ccc(C5(C(F)(F)F)N=N5)cc4)nc3c(Cc3ccccc3)n2)cc1. The standard InChI is InChI=1S/C28H20F3N5O2/c29-28(30,31)27(34-35-27)20-10-6-18(7-11-20)15-23-26(38)36-16-24(19-8-12-21(37)13-9-19)32-22(25(36)33-23)14-17-4-2-1-3-5-17/h1-13,16,37-38H,14-15H2. The lowest BCUT2D eigenvalue weighted by Gasteiger charge is -2.14. The number of phenols is 1. The lowest BCUT2D eigenvalue weighted by molar-refractivity contribution is -0.166.